The summed E-state index contributed by atoms with van der Waals surface area (Å²) >= 11 is 0. The molecule has 0 atom stereocenters. The molecule has 88 valence electrons. The molecule has 0 saturated heterocycles. The Hall–Kier alpha value is -2.17. The Bertz CT molecular complexity index is 567. The van der Waals surface area contributed by atoms with E-state index in [2.05, 4.69) is 4.74 Å². The van der Waals surface area contributed by atoms with Crippen LogP contribution in [-0.4, -0.2) is 17.7 Å². The lowest BCUT2D eigenvalue weighted by Crippen LogP contribution is -2.08. The first kappa shape index (κ1) is 11.3. The van der Waals surface area contributed by atoms with Crippen molar-refractivity contribution in [1.29, 1.82) is 0 Å². The fraction of sp³-hybridized carbons (Fsp3) is 0.0833. The number of halogens is 2. The summed E-state index contributed by atoms with van der Waals surface area (Å²) in [6.45, 7) is -3.05. The summed E-state index contributed by atoms with van der Waals surface area (Å²) in [5.74, 6) is -1.62. The maximum atomic E-state index is 12.1. The number of carbonyl (C=O) groups is 1. The number of aromatic carboxylic acids is 1. The first-order valence-electron chi connectivity index (χ1n) is 4.79. The lowest BCUT2D eigenvalue weighted by Gasteiger charge is -2.10. The predicted octanol–water partition coefficient (Wildman–Crippen LogP) is 3.14. The molecule has 0 heterocycles. The number of carboxylic acid groups (broad SMARTS) is 1. The second kappa shape index (κ2) is 4.37. The molecule has 0 aromatic heterocycles. The summed E-state index contributed by atoms with van der Waals surface area (Å²) in [4.78, 5) is 11.1. The van der Waals surface area contributed by atoms with E-state index >= 15 is 0 Å². The molecule has 0 aliphatic heterocycles. The van der Waals surface area contributed by atoms with Crippen LogP contribution in [0.1, 0.15) is 10.4 Å². The minimum absolute atomic E-state index is 0.247. The highest BCUT2D eigenvalue weighted by atomic mass is 19.3. The van der Waals surface area contributed by atoms with Gasteiger partial charge in [0, 0.05) is 0 Å². The van der Waals surface area contributed by atoms with Crippen molar-refractivity contribution in [2.45, 2.75) is 6.61 Å². The number of hydrogen-bond donors (Lipinski definition) is 1. The van der Waals surface area contributed by atoms with Gasteiger partial charge < -0.3 is 9.84 Å². The van der Waals surface area contributed by atoms with E-state index in [1.807, 2.05) is 0 Å². The van der Waals surface area contributed by atoms with Crippen LogP contribution in [0.5, 0.6) is 5.75 Å². The normalized spacial score (nSPS) is 10.8. The third-order valence-corrected chi connectivity index (χ3v) is 2.32. The van der Waals surface area contributed by atoms with E-state index in [0.717, 1.165) is 0 Å². The lowest BCUT2D eigenvalue weighted by atomic mass is 10.0. The third-order valence-electron chi connectivity index (χ3n) is 2.32. The minimum atomic E-state index is -3.05. The molecule has 0 aliphatic carbocycles. The van der Waals surface area contributed by atoms with Crippen LogP contribution in [0, 0.1) is 0 Å². The molecule has 0 radical (unpaired) electrons. The molecule has 2 aromatic carbocycles. The second-order valence-corrected chi connectivity index (χ2v) is 3.34. The number of hydrogen-bond acceptors (Lipinski definition) is 2. The number of rotatable bonds is 3. The summed E-state index contributed by atoms with van der Waals surface area (Å²) in [7, 11) is 0. The second-order valence-electron chi connectivity index (χ2n) is 3.34. The van der Waals surface area contributed by atoms with Gasteiger partial charge in [-0.25, -0.2) is 4.79 Å². The van der Waals surface area contributed by atoms with Crippen LogP contribution < -0.4 is 4.74 Å². The highest BCUT2D eigenvalue weighted by Crippen LogP contribution is 2.29. The zero-order chi connectivity index (χ0) is 12.4. The van der Waals surface area contributed by atoms with Crippen LogP contribution in [0.4, 0.5) is 8.78 Å². The van der Waals surface area contributed by atoms with Gasteiger partial charge in [-0.15, -0.1) is 0 Å². The Morgan fingerprint density at radius 1 is 1.18 bits per heavy atom. The van der Waals surface area contributed by atoms with Gasteiger partial charge in [0.05, 0.1) is 0 Å². The van der Waals surface area contributed by atoms with Gasteiger partial charge in [0.25, 0.3) is 0 Å². The molecule has 0 spiro atoms. The standard InChI is InChI=1S/C12H8F2O3/c13-12(14)17-9-6-5-7-3-1-2-4-8(7)10(9)11(15)16/h1-6,12H,(H,15,16). The van der Waals surface area contributed by atoms with E-state index in [9.17, 15) is 13.6 Å². The fourth-order valence-electron chi connectivity index (χ4n) is 1.67. The summed E-state index contributed by atoms with van der Waals surface area (Å²) in [6, 6.07) is 9.41. The Balaban J connectivity index is 2.68. The van der Waals surface area contributed by atoms with Crippen LogP contribution in [0.15, 0.2) is 36.4 Å². The number of fused-ring (bicyclic) bond motifs is 1. The van der Waals surface area contributed by atoms with Gasteiger partial charge in [0.2, 0.25) is 0 Å². The van der Waals surface area contributed by atoms with Gasteiger partial charge >= 0.3 is 12.6 Å². The minimum Gasteiger partial charge on any atom is -0.478 e. The van der Waals surface area contributed by atoms with Crippen molar-refractivity contribution in [3.8, 4) is 5.75 Å². The monoisotopic (exact) mass is 238 g/mol. The Kier molecular flexibility index (Phi) is 2.91. The molecular formula is C12H8F2O3. The van der Waals surface area contributed by atoms with Crippen molar-refractivity contribution < 1.29 is 23.4 Å². The zero-order valence-electron chi connectivity index (χ0n) is 8.56. The largest absolute Gasteiger partial charge is 0.478 e. The zero-order valence-corrected chi connectivity index (χ0v) is 8.56. The molecule has 0 bridgehead atoms. The quantitative estimate of drug-likeness (QED) is 0.893. The SMILES string of the molecule is O=C(O)c1c(OC(F)F)ccc2ccccc12. The summed E-state index contributed by atoms with van der Waals surface area (Å²) in [6.07, 6.45) is 0. The molecule has 0 amide bonds. The number of alkyl halides is 2. The van der Waals surface area contributed by atoms with Gasteiger partial charge in [0.15, 0.2) is 0 Å². The van der Waals surface area contributed by atoms with E-state index in [0.29, 0.717) is 10.8 Å². The predicted molar refractivity (Wildman–Crippen MR) is 57.5 cm³/mol. The van der Waals surface area contributed by atoms with Gasteiger partial charge in [-0.1, -0.05) is 30.3 Å². The topological polar surface area (TPSA) is 46.5 Å². The number of ether oxygens (including phenoxy) is 1. The van der Waals surface area contributed by atoms with Crippen molar-refractivity contribution in [1.82, 2.24) is 0 Å². The molecule has 1 N–H and O–H groups in total. The molecule has 2 rings (SSSR count). The van der Waals surface area contributed by atoms with E-state index in [-0.39, 0.29) is 11.3 Å². The van der Waals surface area contributed by atoms with E-state index in [1.165, 1.54) is 6.07 Å². The summed E-state index contributed by atoms with van der Waals surface area (Å²) < 4.78 is 28.5. The van der Waals surface area contributed by atoms with Crippen molar-refractivity contribution in [2.24, 2.45) is 0 Å². The van der Waals surface area contributed by atoms with Crippen LogP contribution in [0.25, 0.3) is 10.8 Å². The molecule has 0 saturated carbocycles. The fourth-order valence-corrected chi connectivity index (χ4v) is 1.67. The van der Waals surface area contributed by atoms with Gasteiger partial charge in [-0.05, 0) is 16.8 Å². The average molecular weight is 238 g/mol. The van der Waals surface area contributed by atoms with Gasteiger partial charge in [-0.2, -0.15) is 8.78 Å². The Morgan fingerprint density at radius 3 is 2.53 bits per heavy atom. The van der Waals surface area contributed by atoms with E-state index < -0.39 is 12.6 Å². The smallest absolute Gasteiger partial charge is 0.387 e. The van der Waals surface area contributed by atoms with Crippen LogP contribution in [0.2, 0.25) is 0 Å². The number of benzene rings is 2. The van der Waals surface area contributed by atoms with Gasteiger partial charge in [-0.3, -0.25) is 0 Å². The van der Waals surface area contributed by atoms with Crippen LogP contribution >= 0.6 is 0 Å². The van der Waals surface area contributed by atoms with Crippen molar-refractivity contribution in [3.63, 3.8) is 0 Å². The van der Waals surface area contributed by atoms with E-state index in [4.69, 9.17) is 5.11 Å². The first-order valence-corrected chi connectivity index (χ1v) is 4.79. The summed E-state index contributed by atoms with van der Waals surface area (Å²) in [5, 5.41) is 10.1. The van der Waals surface area contributed by atoms with Crippen molar-refractivity contribution in [3.05, 3.63) is 42.0 Å². The van der Waals surface area contributed by atoms with Crippen molar-refractivity contribution in [2.75, 3.05) is 0 Å². The molecule has 5 heteroatoms. The average Bonchev–Trinajstić information content (AvgIpc) is 2.27. The maximum Gasteiger partial charge on any atom is 0.387 e. The molecular weight excluding hydrogens is 230 g/mol. The highest BCUT2D eigenvalue weighted by molar-refractivity contribution is 6.06. The van der Waals surface area contributed by atoms with Crippen LogP contribution in [-0.2, 0) is 0 Å². The summed E-state index contributed by atoms with van der Waals surface area (Å²) in [5.41, 5.74) is -0.247. The van der Waals surface area contributed by atoms with E-state index in [1.54, 1.807) is 30.3 Å². The number of carboxylic acids is 1. The highest BCUT2D eigenvalue weighted by Gasteiger charge is 2.17. The van der Waals surface area contributed by atoms with Gasteiger partial charge in [0.1, 0.15) is 11.3 Å². The molecule has 0 fully saturated rings. The molecule has 0 aliphatic rings. The third kappa shape index (κ3) is 2.18. The first-order chi connectivity index (χ1) is 8.09. The maximum absolute atomic E-state index is 12.1. The molecule has 2 aromatic rings. The molecule has 0 unspecified atom stereocenters. The molecule has 3 nitrogen and oxygen atoms in total. The Labute approximate surface area is 95.2 Å². The molecule has 17 heavy (non-hydrogen) atoms. The van der Waals surface area contributed by atoms with Crippen LogP contribution in [0.3, 0.4) is 0 Å². The Morgan fingerprint density at radius 2 is 1.88 bits per heavy atom. The lowest BCUT2D eigenvalue weighted by molar-refractivity contribution is -0.0502. The van der Waals surface area contributed by atoms with Crippen molar-refractivity contribution >= 4 is 16.7 Å².